The number of aliphatic hydroxyl groups is 1. The minimum absolute atomic E-state index is 0.0405. The molecule has 0 radical (unpaired) electrons. The van der Waals surface area contributed by atoms with E-state index in [9.17, 15) is 14.7 Å². The first kappa shape index (κ1) is 19.9. The molecule has 1 heterocycles. The molecule has 0 saturated heterocycles. The average Bonchev–Trinajstić information content (AvgIpc) is 3.29. The fraction of sp³-hybridized carbons (Fsp3) is 0.125. The molecule has 1 aromatic heterocycles. The van der Waals surface area contributed by atoms with Crippen molar-refractivity contribution in [3.63, 3.8) is 0 Å². The van der Waals surface area contributed by atoms with Crippen molar-refractivity contribution < 1.29 is 19.1 Å². The summed E-state index contributed by atoms with van der Waals surface area (Å²) in [6.45, 7) is 0. The van der Waals surface area contributed by atoms with Gasteiger partial charge in [-0.25, -0.2) is 0 Å². The summed E-state index contributed by atoms with van der Waals surface area (Å²) >= 11 is 6.09. The molecular weight excluding hydrogens is 402 g/mol. The number of hydrogen-bond donors (Lipinski definition) is 1. The van der Waals surface area contributed by atoms with Crippen molar-refractivity contribution in [1.29, 1.82) is 0 Å². The fourth-order valence-corrected chi connectivity index (χ4v) is 3.64. The van der Waals surface area contributed by atoms with Gasteiger partial charge in [0.25, 0.3) is 0 Å². The lowest BCUT2D eigenvalue weighted by Gasteiger charge is -2.20. The van der Waals surface area contributed by atoms with Crippen molar-refractivity contribution in [2.45, 2.75) is 18.8 Å². The minimum atomic E-state index is -0.228. The first-order chi connectivity index (χ1) is 14.5. The number of carbonyl (C=O) groups is 2. The number of aliphatic hydroxyl groups excluding tert-OH is 1. The predicted molar refractivity (Wildman–Crippen MR) is 115 cm³/mol. The molecule has 0 bridgehead atoms. The maximum Gasteiger partial charge on any atom is 0.195 e. The Hall–Kier alpha value is -3.44. The summed E-state index contributed by atoms with van der Waals surface area (Å²) in [7, 11) is 0. The zero-order valence-electron chi connectivity index (χ0n) is 15.9. The van der Waals surface area contributed by atoms with Gasteiger partial charge >= 0.3 is 0 Å². The molecule has 1 N–H and O–H groups in total. The summed E-state index contributed by atoms with van der Waals surface area (Å²) in [5, 5.41) is 10.8. The van der Waals surface area contributed by atoms with Gasteiger partial charge in [-0.15, -0.1) is 0 Å². The summed E-state index contributed by atoms with van der Waals surface area (Å²) in [4.78, 5) is 29.8. The number of Topliss-reactive ketones (excluding diaryl/α,β-unsaturated/α-hetero) is 1. The topological polar surface area (TPSA) is 79.9 Å². The molecule has 0 fully saturated rings. The molecule has 0 spiro atoms. The van der Waals surface area contributed by atoms with Crippen LogP contribution >= 0.6 is 11.6 Å². The van der Waals surface area contributed by atoms with E-state index < -0.39 is 0 Å². The Kier molecular flexibility index (Phi) is 5.63. The van der Waals surface area contributed by atoms with E-state index in [0.717, 1.165) is 0 Å². The van der Waals surface area contributed by atoms with Gasteiger partial charge in [-0.3, -0.25) is 14.6 Å². The fourth-order valence-electron chi connectivity index (χ4n) is 3.46. The van der Waals surface area contributed by atoms with Crippen LogP contribution in [0.25, 0.3) is 0 Å². The number of benzene rings is 2. The van der Waals surface area contributed by atoms with E-state index in [2.05, 4.69) is 4.99 Å². The third-order valence-corrected chi connectivity index (χ3v) is 5.24. The van der Waals surface area contributed by atoms with E-state index in [0.29, 0.717) is 27.6 Å². The van der Waals surface area contributed by atoms with E-state index in [-0.39, 0.29) is 41.7 Å². The molecule has 150 valence electrons. The van der Waals surface area contributed by atoms with Crippen LogP contribution in [0.3, 0.4) is 0 Å². The Morgan fingerprint density at radius 2 is 1.90 bits per heavy atom. The molecule has 1 aliphatic rings. The maximum absolute atomic E-state index is 12.9. The van der Waals surface area contributed by atoms with Crippen molar-refractivity contribution in [1.82, 2.24) is 0 Å². The number of aliphatic imine (C=N–C) groups is 1. The number of rotatable bonds is 5. The largest absolute Gasteiger partial charge is 0.511 e. The van der Waals surface area contributed by atoms with Crippen LogP contribution in [0, 0.1) is 0 Å². The van der Waals surface area contributed by atoms with Gasteiger partial charge in [0.2, 0.25) is 0 Å². The van der Waals surface area contributed by atoms with Crippen molar-refractivity contribution >= 4 is 35.1 Å². The molecule has 0 aliphatic heterocycles. The lowest BCUT2D eigenvalue weighted by atomic mass is 9.86. The average molecular weight is 420 g/mol. The van der Waals surface area contributed by atoms with Gasteiger partial charge in [0.05, 0.1) is 17.5 Å². The number of hydrogen-bond acceptors (Lipinski definition) is 5. The van der Waals surface area contributed by atoms with Crippen LogP contribution in [0.15, 0.2) is 87.7 Å². The molecule has 1 atom stereocenters. The second kappa shape index (κ2) is 8.51. The van der Waals surface area contributed by atoms with Crippen molar-refractivity contribution in [3.8, 4) is 0 Å². The molecule has 1 unspecified atom stereocenters. The molecule has 3 aromatic rings. The van der Waals surface area contributed by atoms with Crippen LogP contribution in [0.5, 0.6) is 0 Å². The lowest BCUT2D eigenvalue weighted by Crippen LogP contribution is -2.19. The normalized spacial score (nSPS) is 17.0. The van der Waals surface area contributed by atoms with E-state index in [1.807, 2.05) is 6.07 Å². The Bertz CT molecular complexity index is 1150. The summed E-state index contributed by atoms with van der Waals surface area (Å²) in [6.07, 6.45) is 3.37. The first-order valence-corrected chi connectivity index (χ1v) is 9.83. The van der Waals surface area contributed by atoms with Crippen LogP contribution in [-0.2, 0) is 4.79 Å². The SMILES string of the molecule is O=C1CC(c2ccco2)CC(O)=C1C=Nc1ccc(Cl)cc1C(=O)c1ccccc1. The summed E-state index contributed by atoms with van der Waals surface area (Å²) < 4.78 is 5.36. The molecule has 2 aromatic carbocycles. The third kappa shape index (κ3) is 4.11. The van der Waals surface area contributed by atoms with Crippen LogP contribution < -0.4 is 0 Å². The second-order valence-electron chi connectivity index (χ2n) is 7.02. The highest BCUT2D eigenvalue weighted by molar-refractivity contribution is 6.31. The molecule has 5 nitrogen and oxygen atoms in total. The number of allylic oxidation sites excluding steroid dienone is 2. The van der Waals surface area contributed by atoms with Gasteiger partial charge in [-0.1, -0.05) is 41.9 Å². The number of ketones is 2. The van der Waals surface area contributed by atoms with Crippen molar-refractivity contribution in [2.75, 3.05) is 0 Å². The third-order valence-electron chi connectivity index (χ3n) is 5.00. The Balaban J connectivity index is 1.64. The number of nitrogens with zero attached hydrogens (tertiary/aromatic N) is 1. The molecule has 0 saturated carbocycles. The highest BCUT2D eigenvalue weighted by Crippen LogP contribution is 2.34. The highest BCUT2D eigenvalue weighted by atomic mass is 35.5. The molecule has 4 rings (SSSR count). The summed E-state index contributed by atoms with van der Waals surface area (Å²) in [5.74, 6) is -0.0267. The van der Waals surface area contributed by atoms with Gasteiger partial charge < -0.3 is 9.52 Å². The number of halogens is 1. The highest BCUT2D eigenvalue weighted by Gasteiger charge is 2.29. The monoisotopic (exact) mass is 419 g/mol. The van der Waals surface area contributed by atoms with Gasteiger partial charge in [-0.2, -0.15) is 0 Å². The van der Waals surface area contributed by atoms with E-state index in [4.69, 9.17) is 16.0 Å². The molecular formula is C24H18ClNO4. The van der Waals surface area contributed by atoms with Crippen LogP contribution in [0.2, 0.25) is 5.02 Å². The Morgan fingerprint density at radius 1 is 1.10 bits per heavy atom. The zero-order valence-corrected chi connectivity index (χ0v) is 16.7. The predicted octanol–water partition coefficient (Wildman–Crippen LogP) is 5.83. The van der Waals surface area contributed by atoms with Gasteiger partial charge in [0.1, 0.15) is 11.5 Å². The first-order valence-electron chi connectivity index (χ1n) is 9.45. The quantitative estimate of drug-likeness (QED) is 0.417. The van der Waals surface area contributed by atoms with Crippen LogP contribution in [-0.4, -0.2) is 22.9 Å². The van der Waals surface area contributed by atoms with Gasteiger partial charge in [0.15, 0.2) is 11.6 Å². The van der Waals surface area contributed by atoms with Crippen molar-refractivity contribution in [2.24, 2.45) is 4.99 Å². The number of furan rings is 1. The van der Waals surface area contributed by atoms with Gasteiger partial charge in [-0.05, 0) is 30.3 Å². The Morgan fingerprint density at radius 3 is 2.60 bits per heavy atom. The van der Waals surface area contributed by atoms with Crippen LogP contribution in [0.1, 0.15) is 40.4 Å². The van der Waals surface area contributed by atoms with Crippen molar-refractivity contribution in [3.05, 3.63) is 100 Å². The lowest BCUT2D eigenvalue weighted by molar-refractivity contribution is -0.116. The minimum Gasteiger partial charge on any atom is -0.511 e. The molecule has 30 heavy (non-hydrogen) atoms. The van der Waals surface area contributed by atoms with Gasteiger partial charge in [0, 0.05) is 41.1 Å². The summed E-state index contributed by atoms with van der Waals surface area (Å²) in [5.41, 5.74) is 1.34. The smallest absolute Gasteiger partial charge is 0.195 e. The molecule has 1 aliphatic carbocycles. The van der Waals surface area contributed by atoms with E-state index in [1.54, 1.807) is 60.9 Å². The standard InChI is InChI=1S/C24H18ClNO4/c25-17-8-9-20(18(13-17)24(29)15-5-2-1-3-6-15)26-14-19-21(27)11-16(12-22(19)28)23-7-4-10-30-23/h1-10,13-14,16,27H,11-12H2. The van der Waals surface area contributed by atoms with Crippen LogP contribution in [0.4, 0.5) is 5.69 Å². The maximum atomic E-state index is 12.9. The Labute approximate surface area is 178 Å². The zero-order chi connectivity index (χ0) is 21.1. The molecule has 6 heteroatoms. The molecule has 0 amide bonds. The second-order valence-corrected chi connectivity index (χ2v) is 7.46. The van der Waals surface area contributed by atoms with E-state index >= 15 is 0 Å². The van der Waals surface area contributed by atoms with E-state index in [1.165, 1.54) is 6.21 Å². The number of carbonyl (C=O) groups excluding carboxylic acids is 2. The summed E-state index contributed by atoms with van der Waals surface area (Å²) in [6, 6.07) is 17.1.